The molecule has 1 atom stereocenters. The Kier molecular flexibility index (Phi) is 4.64. The van der Waals surface area contributed by atoms with E-state index in [0.717, 1.165) is 49.2 Å². The van der Waals surface area contributed by atoms with Crippen LogP contribution in [0.1, 0.15) is 44.1 Å². The zero-order valence-corrected chi connectivity index (χ0v) is 13.1. The second-order valence-corrected chi connectivity index (χ2v) is 6.59. The maximum Gasteiger partial charge on any atom is 0.225 e. The van der Waals surface area contributed by atoms with Crippen molar-refractivity contribution in [2.24, 2.45) is 5.92 Å². The van der Waals surface area contributed by atoms with E-state index in [1.54, 1.807) is 0 Å². The Hall–Kier alpha value is -1.28. The minimum Gasteiger partial charge on any atom is -0.339 e. The molecule has 0 N–H and O–H groups in total. The molecule has 2 aliphatic rings. The fourth-order valence-corrected chi connectivity index (χ4v) is 3.27. The summed E-state index contributed by atoms with van der Waals surface area (Å²) in [6, 6.07) is 8.26. The molecule has 0 bridgehead atoms. The zero-order valence-electron chi connectivity index (χ0n) is 12.3. The van der Waals surface area contributed by atoms with Crippen LogP contribution in [-0.4, -0.2) is 23.4 Å². The summed E-state index contributed by atoms with van der Waals surface area (Å²) in [5.74, 6) is 0.735. The van der Waals surface area contributed by atoms with Crippen molar-refractivity contribution >= 4 is 23.6 Å². The summed E-state index contributed by atoms with van der Waals surface area (Å²) in [4.78, 5) is 14.5. The highest BCUT2D eigenvalue weighted by Crippen LogP contribution is 2.34. The van der Waals surface area contributed by atoms with Crippen LogP contribution in [0.25, 0.3) is 6.08 Å². The number of piperidine rings is 1. The molecule has 21 heavy (non-hydrogen) atoms. The first-order valence-corrected chi connectivity index (χ1v) is 8.34. The monoisotopic (exact) mass is 303 g/mol. The number of hydrogen-bond donors (Lipinski definition) is 0. The molecule has 1 saturated heterocycles. The average Bonchev–Trinajstić information content (AvgIpc) is 3.32. The van der Waals surface area contributed by atoms with Crippen LogP contribution in [-0.2, 0) is 4.79 Å². The van der Waals surface area contributed by atoms with E-state index in [-0.39, 0.29) is 0 Å². The summed E-state index contributed by atoms with van der Waals surface area (Å²) in [6.07, 6.45) is 11.0. The third-order valence-corrected chi connectivity index (χ3v) is 4.64. The molecule has 1 amide bonds. The van der Waals surface area contributed by atoms with Crippen LogP contribution in [0.4, 0.5) is 0 Å². The van der Waals surface area contributed by atoms with Gasteiger partial charge in [0, 0.05) is 23.5 Å². The minimum atomic E-state index is 0.336. The molecule has 0 radical (unpaired) electrons. The lowest BCUT2D eigenvalue weighted by Gasteiger charge is -2.35. The van der Waals surface area contributed by atoms with Gasteiger partial charge in [0.05, 0.1) is 0 Å². The summed E-state index contributed by atoms with van der Waals surface area (Å²) in [5, 5.41) is 0.764. The number of rotatable bonds is 4. The standard InChI is InChI=1S/C18H22ClNO/c19-16-7-3-5-14(13-16)6-4-9-17-8-1-2-12-20(17)18(21)15-10-11-15/h3-7,13,15,17H,1-2,8-12H2. The van der Waals surface area contributed by atoms with E-state index in [2.05, 4.69) is 23.1 Å². The van der Waals surface area contributed by atoms with Gasteiger partial charge in [-0.15, -0.1) is 0 Å². The average molecular weight is 304 g/mol. The molecule has 3 heteroatoms. The van der Waals surface area contributed by atoms with Crippen molar-refractivity contribution in [1.82, 2.24) is 4.90 Å². The van der Waals surface area contributed by atoms with Crippen LogP contribution in [0, 0.1) is 5.92 Å². The number of nitrogens with zero attached hydrogens (tertiary/aromatic N) is 1. The Morgan fingerprint density at radius 3 is 2.90 bits per heavy atom. The highest BCUT2D eigenvalue weighted by atomic mass is 35.5. The molecule has 2 fully saturated rings. The topological polar surface area (TPSA) is 20.3 Å². The number of carbonyl (C=O) groups is 1. The molecule has 3 rings (SSSR count). The number of likely N-dealkylation sites (tertiary alicyclic amines) is 1. The first kappa shape index (κ1) is 14.6. The first-order valence-electron chi connectivity index (χ1n) is 7.96. The summed E-state index contributed by atoms with van der Waals surface area (Å²) < 4.78 is 0. The van der Waals surface area contributed by atoms with E-state index < -0.39 is 0 Å². The second kappa shape index (κ2) is 6.65. The number of hydrogen-bond acceptors (Lipinski definition) is 1. The predicted molar refractivity (Wildman–Crippen MR) is 87.2 cm³/mol. The van der Waals surface area contributed by atoms with E-state index in [9.17, 15) is 4.79 Å². The van der Waals surface area contributed by atoms with Gasteiger partial charge in [-0.2, -0.15) is 0 Å². The maximum atomic E-state index is 12.3. The molecule has 1 aliphatic heterocycles. The van der Waals surface area contributed by atoms with Gasteiger partial charge < -0.3 is 4.90 Å². The molecule has 2 nitrogen and oxygen atoms in total. The number of halogens is 1. The highest BCUT2D eigenvalue weighted by Gasteiger charge is 2.36. The molecule has 112 valence electrons. The molecule has 1 aromatic carbocycles. The predicted octanol–water partition coefficient (Wildman–Crippen LogP) is 4.53. The van der Waals surface area contributed by atoms with Gasteiger partial charge in [0.1, 0.15) is 0 Å². The van der Waals surface area contributed by atoms with Crippen LogP contribution in [0.5, 0.6) is 0 Å². The molecule has 1 aromatic rings. The SMILES string of the molecule is O=C(C1CC1)N1CCCCC1CC=Cc1cccc(Cl)c1. The highest BCUT2D eigenvalue weighted by molar-refractivity contribution is 6.30. The zero-order chi connectivity index (χ0) is 14.7. The van der Waals surface area contributed by atoms with Gasteiger partial charge in [0.25, 0.3) is 0 Å². The van der Waals surface area contributed by atoms with Gasteiger partial charge in [-0.25, -0.2) is 0 Å². The van der Waals surface area contributed by atoms with Crippen molar-refractivity contribution in [3.63, 3.8) is 0 Å². The molecular formula is C18H22ClNO. The van der Waals surface area contributed by atoms with E-state index in [1.165, 1.54) is 6.42 Å². The van der Waals surface area contributed by atoms with Crippen LogP contribution in [0.15, 0.2) is 30.3 Å². The van der Waals surface area contributed by atoms with E-state index >= 15 is 0 Å². The van der Waals surface area contributed by atoms with E-state index in [1.807, 2.05) is 18.2 Å². The lowest BCUT2D eigenvalue weighted by Crippen LogP contribution is -2.44. The summed E-state index contributed by atoms with van der Waals surface area (Å²) >= 11 is 5.99. The molecular weight excluding hydrogens is 282 g/mol. The van der Waals surface area contributed by atoms with Crippen molar-refractivity contribution in [2.75, 3.05) is 6.54 Å². The Morgan fingerprint density at radius 2 is 2.14 bits per heavy atom. The van der Waals surface area contributed by atoms with Crippen LogP contribution in [0.3, 0.4) is 0 Å². The number of amides is 1. The van der Waals surface area contributed by atoms with E-state index in [0.29, 0.717) is 17.9 Å². The second-order valence-electron chi connectivity index (χ2n) is 6.15. The lowest BCUT2D eigenvalue weighted by atomic mass is 9.98. The van der Waals surface area contributed by atoms with Crippen LogP contribution < -0.4 is 0 Å². The van der Waals surface area contributed by atoms with Crippen LogP contribution >= 0.6 is 11.6 Å². The lowest BCUT2D eigenvalue weighted by molar-refractivity contribution is -0.136. The van der Waals surface area contributed by atoms with Crippen molar-refractivity contribution in [3.8, 4) is 0 Å². The molecule has 1 aliphatic carbocycles. The van der Waals surface area contributed by atoms with Gasteiger partial charge in [-0.1, -0.05) is 35.9 Å². The van der Waals surface area contributed by atoms with Gasteiger partial charge in [-0.05, 0) is 56.2 Å². The largest absolute Gasteiger partial charge is 0.339 e. The molecule has 1 saturated carbocycles. The maximum absolute atomic E-state index is 12.3. The fourth-order valence-electron chi connectivity index (χ4n) is 3.07. The Morgan fingerprint density at radius 1 is 1.29 bits per heavy atom. The first-order chi connectivity index (χ1) is 10.2. The smallest absolute Gasteiger partial charge is 0.225 e. The minimum absolute atomic E-state index is 0.336. The van der Waals surface area contributed by atoms with Gasteiger partial charge >= 0.3 is 0 Å². The number of carbonyl (C=O) groups excluding carboxylic acids is 1. The quantitative estimate of drug-likeness (QED) is 0.800. The third-order valence-electron chi connectivity index (χ3n) is 4.40. The Bertz CT molecular complexity index is 536. The molecule has 1 heterocycles. The normalized spacial score (nSPS) is 22.7. The summed E-state index contributed by atoms with van der Waals surface area (Å²) in [7, 11) is 0. The van der Waals surface area contributed by atoms with Crippen molar-refractivity contribution < 1.29 is 4.79 Å². The van der Waals surface area contributed by atoms with Crippen molar-refractivity contribution in [2.45, 2.75) is 44.6 Å². The van der Waals surface area contributed by atoms with Crippen molar-refractivity contribution in [3.05, 3.63) is 40.9 Å². The summed E-state index contributed by atoms with van der Waals surface area (Å²) in [6.45, 7) is 0.949. The third kappa shape index (κ3) is 3.88. The Balaban J connectivity index is 1.60. The molecule has 1 unspecified atom stereocenters. The fraction of sp³-hybridized carbons (Fsp3) is 0.500. The van der Waals surface area contributed by atoms with Gasteiger partial charge in [0.15, 0.2) is 0 Å². The van der Waals surface area contributed by atoms with Gasteiger partial charge in [0.2, 0.25) is 5.91 Å². The number of benzene rings is 1. The molecule has 0 spiro atoms. The molecule has 0 aromatic heterocycles. The Labute approximate surface area is 131 Å². The summed E-state index contributed by atoms with van der Waals surface area (Å²) in [5.41, 5.74) is 1.12. The van der Waals surface area contributed by atoms with Gasteiger partial charge in [-0.3, -0.25) is 4.79 Å². The van der Waals surface area contributed by atoms with Crippen LogP contribution in [0.2, 0.25) is 5.02 Å². The van der Waals surface area contributed by atoms with E-state index in [4.69, 9.17) is 11.6 Å². The van der Waals surface area contributed by atoms with Crippen molar-refractivity contribution in [1.29, 1.82) is 0 Å².